The first-order valence-electron chi connectivity index (χ1n) is 8.02. The number of hydrogen-bond acceptors (Lipinski definition) is 5. The number of methoxy groups -OCH3 is 2. The van der Waals surface area contributed by atoms with Gasteiger partial charge < -0.3 is 13.9 Å². The molecule has 0 aliphatic carbocycles. The van der Waals surface area contributed by atoms with Crippen LogP contribution in [0.1, 0.15) is 16.1 Å². The van der Waals surface area contributed by atoms with E-state index in [1.54, 1.807) is 49.6 Å². The average molecular weight is 385 g/mol. The summed E-state index contributed by atoms with van der Waals surface area (Å²) >= 11 is 5.99. The number of halogens is 1. The molecule has 0 unspecified atom stereocenters. The number of nitrogens with one attached hydrogen (secondary N) is 1. The van der Waals surface area contributed by atoms with E-state index in [1.807, 2.05) is 12.1 Å². The maximum atomic E-state index is 12.3. The molecule has 6 nitrogen and oxygen atoms in total. The number of rotatable bonds is 6. The van der Waals surface area contributed by atoms with E-state index in [4.69, 9.17) is 25.5 Å². The van der Waals surface area contributed by atoms with E-state index >= 15 is 0 Å². The SMILES string of the molecule is COc1ccc(C(=O)N/N=C\c2ccc(-c3cccc(Cl)c3)o2)c(OC)c1. The van der Waals surface area contributed by atoms with Crippen molar-refractivity contribution in [1.29, 1.82) is 0 Å². The van der Waals surface area contributed by atoms with Crippen LogP contribution in [-0.2, 0) is 0 Å². The van der Waals surface area contributed by atoms with Crippen LogP contribution in [0.2, 0.25) is 5.02 Å². The van der Waals surface area contributed by atoms with Crippen molar-refractivity contribution in [2.24, 2.45) is 5.10 Å². The van der Waals surface area contributed by atoms with Crippen LogP contribution in [0, 0.1) is 0 Å². The molecule has 0 bridgehead atoms. The Bertz CT molecular complexity index is 982. The van der Waals surface area contributed by atoms with Crippen molar-refractivity contribution in [3.05, 3.63) is 70.9 Å². The number of hydrogen-bond donors (Lipinski definition) is 1. The molecule has 0 aliphatic heterocycles. The van der Waals surface area contributed by atoms with Crippen molar-refractivity contribution in [2.75, 3.05) is 14.2 Å². The number of benzene rings is 2. The minimum Gasteiger partial charge on any atom is -0.497 e. The van der Waals surface area contributed by atoms with E-state index in [0.29, 0.717) is 33.6 Å². The second kappa shape index (κ2) is 8.42. The number of ether oxygens (including phenoxy) is 2. The highest BCUT2D eigenvalue weighted by atomic mass is 35.5. The third-order valence-electron chi connectivity index (χ3n) is 3.75. The maximum absolute atomic E-state index is 12.3. The topological polar surface area (TPSA) is 73.1 Å². The van der Waals surface area contributed by atoms with Crippen molar-refractivity contribution >= 4 is 23.7 Å². The zero-order valence-electron chi connectivity index (χ0n) is 14.7. The Hall–Kier alpha value is -3.25. The summed E-state index contributed by atoms with van der Waals surface area (Å²) in [6, 6.07) is 15.8. The van der Waals surface area contributed by atoms with Gasteiger partial charge >= 0.3 is 0 Å². The van der Waals surface area contributed by atoms with E-state index in [1.165, 1.54) is 13.3 Å². The second-order valence-corrected chi connectivity index (χ2v) is 5.91. The van der Waals surface area contributed by atoms with Gasteiger partial charge in [-0.25, -0.2) is 5.43 Å². The number of carbonyl (C=O) groups excluding carboxylic acids is 1. The molecule has 1 heterocycles. The lowest BCUT2D eigenvalue weighted by Crippen LogP contribution is -2.18. The Morgan fingerprint density at radius 2 is 1.96 bits per heavy atom. The summed E-state index contributed by atoms with van der Waals surface area (Å²) in [5.41, 5.74) is 3.64. The van der Waals surface area contributed by atoms with Gasteiger partial charge in [-0.3, -0.25) is 4.79 Å². The molecule has 138 valence electrons. The van der Waals surface area contributed by atoms with Crippen LogP contribution in [-0.4, -0.2) is 26.3 Å². The molecule has 3 rings (SSSR count). The molecule has 7 heteroatoms. The van der Waals surface area contributed by atoms with Crippen LogP contribution < -0.4 is 14.9 Å². The molecule has 2 aromatic carbocycles. The van der Waals surface area contributed by atoms with Gasteiger partial charge in [0.25, 0.3) is 5.91 Å². The molecule has 0 spiro atoms. The van der Waals surface area contributed by atoms with Crippen LogP contribution in [0.15, 0.2) is 64.1 Å². The van der Waals surface area contributed by atoms with Crippen molar-refractivity contribution in [3.8, 4) is 22.8 Å². The lowest BCUT2D eigenvalue weighted by Gasteiger charge is -2.08. The fourth-order valence-corrected chi connectivity index (χ4v) is 2.61. The standard InChI is InChI=1S/C20H17ClN2O4/c1-25-15-6-8-17(19(11-15)26-2)20(24)23-22-12-16-7-9-18(27-16)13-4-3-5-14(21)10-13/h3-12H,1-2H3,(H,23,24)/b22-12-. The Balaban J connectivity index is 1.68. The first-order valence-corrected chi connectivity index (χ1v) is 8.39. The predicted molar refractivity (Wildman–Crippen MR) is 104 cm³/mol. The van der Waals surface area contributed by atoms with Gasteiger partial charge in [-0.1, -0.05) is 23.7 Å². The number of carbonyl (C=O) groups is 1. The van der Waals surface area contributed by atoms with Crippen molar-refractivity contribution < 1.29 is 18.7 Å². The van der Waals surface area contributed by atoms with Gasteiger partial charge in [0, 0.05) is 16.7 Å². The highest BCUT2D eigenvalue weighted by molar-refractivity contribution is 6.30. The van der Waals surface area contributed by atoms with Crippen LogP contribution in [0.5, 0.6) is 11.5 Å². The fourth-order valence-electron chi connectivity index (χ4n) is 2.42. The summed E-state index contributed by atoms with van der Waals surface area (Å²) < 4.78 is 16.0. The Morgan fingerprint density at radius 3 is 2.70 bits per heavy atom. The zero-order chi connectivity index (χ0) is 19.2. The molecular weight excluding hydrogens is 368 g/mol. The van der Waals surface area contributed by atoms with Gasteiger partial charge in [-0.15, -0.1) is 0 Å². The van der Waals surface area contributed by atoms with Gasteiger partial charge in [0.15, 0.2) is 0 Å². The highest BCUT2D eigenvalue weighted by Gasteiger charge is 2.12. The first kappa shape index (κ1) is 18.5. The predicted octanol–water partition coefficient (Wildman–Crippen LogP) is 4.38. The molecule has 3 aromatic rings. The molecule has 0 saturated carbocycles. The Kier molecular flexibility index (Phi) is 5.78. The van der Waals surface area contributed by atoms with Gasteiger partial charge in [0.2, 0.25) is 0 Å². The smallest absolute Gasteiger partial charge is 0.275 e. The van der Waals surface area contributed by atoms with Crippen LogP contribution >= 0.6 is 11.6 Å². The van der Waals surface area contributed by atoms with Crippen LogP contribution in [0.25, 0.3) is 11.3 Å². The van der Waals surface area contributed by atoms with Gasteiger partial charge in [0.1, 0.15) is 23.0 Å². The molecular formula is C20H17ClN2O4. The van der Waals surface area contributed by atoms with Gasteiger partial charge in [0.05, 0.1) is 26.0 Å². The zero-order valence-corrected chi connectivity index (χ0v) is 15.5. The minimum atomic E-state index is -0.410. The van der Waals surface area contributed by atoms with Gasteiger partial charge in [-0.2, -0.15) is 5.10 Å². The minimum absolute atomic E-state index is 0.342. The van der Waals surface area contributed by atoms with Crippen molar-refractivity contribution in [1.82, 2.24) is 5.43 Å². The third-order valence-corrected chi connectivity index (χ3v) is 3.98. The van der Waals surface area contributed by atoms with Gasteiger partial charge in [-0.05, 0) is 36.4 Å². The summed E-state index contributed by atoms with van der Waals surface area (Å²) in [4.78, 5) is 12.3. The fraction of sp³-hybridized carbons (Fsp3) is 0.100. The van der Waals surface area contributed by atoms with Crippen LogP contribution in [0.4, 0.5) is 0 Å². The molecule has 27 heavy (non-hydrogen) atoms. The number of furan rings is 1. The number of amides is 1. The largest absolute Gasteiger partial charge is 0.497 e. The molecule has 1 aromatic heterocycles. The first-order chi connectivity index (χ1) is 13.1. The Morgan fingerprint density at radius 1 is 1.11 bits per heavy atom. The summed E-state index contributed by atoms with van der Waals surface area (Å²) in [7, 11) is 3.02. The van der Waals surface area contributed by atoms with E-state index in [9.17, 15) is 4.79 Å². The lowest BCUT2D eigenvalue weighted by molar-refractivity contribution is 0.0952. The van der Waals surface area contributed by atoms with E-state index in [2.05, 4.69) is 10.5 Å². The molecule has 0 atom stereocenters. The van der Waals surface area contributed by atoms with Crippen LogP contribution in [0.3, 0.4) is 0 Å². The van der Waals surface area contributed by atoms with E-state index in [-0.39, 0.29) is 0 Å². The lowest BCUT2D eigenvalue weighted by atomic mass is 10.2. The highest BCUT2D eigenvalue weighted by Crippen LogP contribution is 2.25. The van der Waals surface area contributed by atoms with Crippen molar-refractivity contribution in [2.45, 2.75) is 0 Å². The normalized spacial score (nSPS) is 10.8. The summed E-state index contributed by atoms with van der Waals surface area (Å²) in [5.74, 6) is 1.72. The average Bonchev–Trinajstić information content (AvgIpc) is 3.16. The van der Waals surface area contributed by atoms with E-state index in [0.717, 1.165) is 5.56 Å². The van der Waals surface area contributed by atoms with Crippen molar-refractivity contribution in [3.63, 3.8) is 0 Å². The summed E-state index contributed by atoms with van der Waals surface area (Å²) in [6.45, 7) is 0. The molecule has 0 aliphatic rings. The second-order valence-electron chi connectivity index (χ2n) is 5.48. The molecule has 0 radical (unpaired) electrons. The number of nitrogens with zero attached hydrogens (tertiary/aromatic N) is 1. The summed E-state index contributed by atoms with van der Waals surface area (Å²) in [5, 5.41) is 4.55. The molecule has 1 N–H and O–H groups in total. The van der Waals surface area contributed by atoms with E-state index < -0.39 is 5.91 Å². The third kappa shape index (κ3) is 4.48. The number of hydrazone groups is 1. The summed E-state index contributed by atoms with van der Waals surface area (Å²) in [6.07, 6.45) is 1.42. The monoisotopic (exact) mass is 384 g/mol. The molecule has 0 saturated heterocycles. The Labute approximate surface area is 161 Å². The maximum Gasteiger partial charge on any atom is 0.275 e. The quantitative estimate of drug-likeness (QED) is 0.505. The molecule has 0 fully saturated rings. The molecule has 1 amide bonds.